The van der Waals surface area contributed by atoms with E-state index in [4.69, 9.17) is 19.3 Å². The molecule has 7 heteroatoms. The molecule has 3 fully saturated rings. The van der Waals surface area contributed by atoms with Crippen LogP contribution in [0.25, 0.3) is 0 Å². The van der Waals surface area contributed by atoms with Crippen molar-refractivity contribution in [1.29, 1.82) is 0 Å². The van der Waals surface area contributed by atoms with Gasteiger partial charge in [0.1, 0.15) is 11.2 Å². The number of hydrogen-bond donors (Lipinski definition) is 0. The normalized spacial score (nSPS) is 36.0. The van der Waals surface area contributed by atoms with Gasteiger partial charge in [0.2, 0.25) is 0 Å². The van der Waals surface area contributed by atoms with Gasteiger partial charge in [0, 0.05) is 24.8 Å². The van der Waals surface area contributed by atoms with Crippen LogP contribution in [0.3, 0.4) is 0 Å². The third-order valence-corrected chi connectivity index (χ3v) is 6.72. The Hall–Kier alpha value is -2.25. The number of aliphatic imine (C=N–C) groups is 1. The summed E-state index contributed by atoms with van der Waals surface area (Å²) in [6.45, 7) is 2.11. The molecule has 1 amide bonds. The molecule has 4 heterocycles. The Bertz CT molecular complexity index is 881. The summed E-state index contributed by atoms with van der Waals surface area (Å²) < 4.78 is 11.5. The topological polar surface area (TPSA) is 77.4 Å². The lowest BCUT2D eigenvalue weighted by molar-refractivity contribution is -0.137. The number of nitrogens with zero attached hydrogens (tertiary/aromatic N) is 2. The van der Waals surface area contributed by atoms with Crippen molar-refractivity contribution in [2.45, 2.75) is 37.3 Å². The van der Waals surface area contributed by atoms with Crippen LogP contribution in [0.15, 0.2) is 23.2 Å². The molecule has 1 aromatic carbocycles. The number of ether oxygens (including phenoxy) is 2. The molecule has 7 nitrogen and oxygen atoms in total. The molecule has 5 aliphatic rings. The second-order valence-electron chi connectivity index (χ2n) is 7.81. The molecular weight excluding hydrogens is 348 g/mol. The lowest BCUT2D eigenvalue weighted by atomic mass is 9.71. The second-order valence-corrected chi connectivity index (χ2v) is 7.81. The zero-order valence-electron chi connectivity index (χ0n) is 15.6. The highest BCUT2D eigenvalue weighted by atomic mass is 16.7. The van der Waals surface area contributed by atoms with E-state index in [0.717, 1.165) is 5.56 Å². The van der Waals surface area contributed by atoms with Crippen LogP contribution < -0.4 is 9.80 Å². The third kappa shape index (κ3) is 2.01. The molecule has 4 aliphatic heterocycles. The van der Waals surface area contributed by atoms with E-state index in [1.165, 1.54) is 12.2 Å². The van der Waals surface area contributed by atoms with E-state index in [-0.39, 0.29) is 35.7 Å². The standard InChI is InChI=1S/C20H22N2O5/c1-10(23)18-12-7-17-20(8-15(21-18)13(12)9-27-17)14-5-4-11(25-2)6-16(14)22(26-3)19(20)24/h4-6,12-13,15,17H,7-9H2,1-3H3/t12-,13-,15-,17-,20-/m0/s1. The number of benzene rings is 1. The Morgan fingerprint density at radius 2 is 2.19 bits per heavy atom. The molecule has 6 rings (SSSR count). The van der Waals surface area contributed by atoms with Gasteiger partial charge >= 0.3 is 0 Å². The van der Waals surface area contributed by atoms with Gasteiger partial charge in [-0.25, -0.2) is 0 Å². The van der Waals surface area contributed by atoms with Gasteiger partial charge < -0.3 is 9.47 Å². The monoisotopic (exact) mass is 370 g/mol. The summed E-state index contributed by atoms with van der Waals surface area (Å²) in [6.07, 6.45) is 0.871. The third-order valence-electron chi connectivity index (χ3n) is 6.72. The zero-order chi connectivity index (χ0) is 18.9. The number of fused-ring (bicyclic) bond motifs is 2. The maximum absolute atomic E-state index is 13.6. The average molecular weight is 370 g/mol. The molecule has 1 aliphatic carbocycles. The molecule has 142 valence electrons. The van der Waals surface area contributed by atoms with Crippen LogP contribution in [0.1, 0.15) is 25.3 Å². The maximum Gasteiger partial charge on any atom is 0.264 e. The molecule has 1 saturated carbocycles. The summed E-state index contributed by atoms with van der Waals surface area (Å²) in [7, 11) is 3.09. The van der Waals surface area contributed by atoms with Crippen molar-refractivity contribution in [1.82, 2.24) is 0 Å². The van der Waals surface area contributed by atoms with Crippen LogP contribution in [0, 0.1) is 11.8 Å². The largest absolute Gasteiger partial charge is 0.497 e. The first-order valence-corrected chi connectivity index (χ1v) is 9.28. The highest BCUT2D eigenvalue weighted by Gasteiger charge is 2.64. The van der Waals surface area contributed by atoms with Crippen molar-refractivity contribution in [3.05, 3.63) is 23.8 Å². The minimum atomic E-state index is -0.836. The number of hydroxylamine groups is 1. The smallest absolute Gasteiger partial charge is 0.264 e. The minimum Gasteiger partial charge on any atom is -0.497 e. The molecule has 2 saturated heterocycles. The lowest BCUT2D eigenvalue weighted by Crippen LogP contribution is -2.51. The first-order valence-electron chi connectivity index (χ1n) is 9.28. The summed E-state index contributed by atoms with van der Waals surface area (Å²) in [5, 5.41) is 1.35. The highest BCUT2D eigenvalue weighted by molar-refractivity contribution is 6.40. The van der Waals surface area contributed by atoms with E-state index in [1.807, 2.05) is 18.2 Å². The van der Waals surface area contributed by atoms with Crippen LogP contribution >= 0.6 is 0 Å². The number of Topliss-reactive ketones (excluding diaryl/α,β-unsaturated/α-hetero) is 1. The number of amides is 1. The molecule has 5 atom stereocenters. The summed E-state index contributed by atoms with van der Waals surface area (Å²) in [5.74, 6) is 0.830. The van der Waals surface area contributed by atoms with E-state index >= 15 is 0 Å². The Kier molecular flexibility index (Phi) is 3.52. The van der Waals surface area contributed by atoms with Gasteiger partial charge in [-0.1, -0.05) is 6.07 Å². The van der Waals surface area contributed by atoms with Gasteiger partial charge in [-0.05, 0) is 24.5 Å². The first-order chi connectivity index (χ1) is 13.0. The van der Waals surface area contributed by atoms with Crippen LogP contribution in [0.5, 0.6) is 5.75 Å². The van der Waals surface area contributed by atoms with Crippen molar-refractivity contribution in [3.63, 3.8) is 0 Å². The van der Waals surface area contributed by atoms with Gasteiger partial charge in [0.25, 0.3) is 5.91 Å². The van der Waals surface area contributed by atoms with Crippen molar-refractivity contribution >= 4 is 23.1 Å². The molecule has 27 heavy (non-hydrogen) atoms. The van der Waals surface area contributed by atoms with E-state index < -0.39 is 5.41 Å². The average Bonchev–Trinajstić information content (AvgIpc) is 3.03. The zero-order valence-corrected chi connectivity index (χ0v) is 15.6. The second kappa shape index (κ2) is 5.62. The van der Waals surface area contributed by atoms with E-state index in [9.17, 15) is 9.59 Å². The van der Waals surface area contributed by atoms with Crippen LogP contribution in [-0.4, -0.2) is 50.4 Å². The van der Waals surface area contributed by atoms with Gasteiger partial charge in [-0.15, -0.1) is 0 Å². The molecule has 0 aromatic heterocycles. The van der Waals surface area contributed by atoms with Crippen LogP contribution in [-0.2, 0) is 24.6 Å². The number of hydrogen-bond acceptors (Lipinski definition) is 6. The van der Waals surface area contributed by atoms with E-state index in [2.05, 4.69) is 0 Å². The van der Waals surface area contributed by atoms with Crippen LogP contribution in [0.4, 0.5) is 5.69 Å². The molecule has 1 aromatic rings. The Labute approximate surface area is 157 Å². The van der Waals surface area contributed by atoms with Gasteiger partial charge in [0.15, 0.2) is 5.78 Å². The Morgan fingerprint density at radius 3 is 2.89 bits per heavy atom. The molecule has 0 N–H and O–H groups in total. The minimum absolute atomic E-state index is 0.0329. The lowest BCUT2D eigenvalue weighted by Gasteiger charge is -2.38. The quantitative estimate of drug-likeness (QED) is 0.809. The summed E-state index contributed by atoms with van der Waals surface area (Å²) in [6, 6.07) is 5.55. The first kappa shape index (κ1) is 16.9. The Morgan fingerprint density at radius 1 is 1.37 bits per heavy atom. The van der Waals surface area contributed by atoms with Gasteiger partial charge in [-0.2, -0.15) is 5.06 Å². The molecule has 1 spiro atoms. The van der Waals surface area contributed by atoms with Crippen LogP contribution in [0.2, 0.25) is 0 Å². The summed E-state index contributed by atoms with van der Waals surface area (Å²) in [4.78, 5) is 35.8. The highest BCUT2D eigenvalue weighted by Crippen LogP contribution is 2.57. The molecule has 0 unspecified atom stereocenters. The number of carbonyl (C=O) groups excluding carboxylic acids is 2. The molecule has 4 bridgehead atoms. The van der Waals surface area contributed by atoms with Gasteiger partial charge in [-0.3, -0.25) is 19.4 Å². The van der Waals surface area contributed by atoms with Crippen molar-refractivity contribution in [3.8, 4) is 5.75 Å². The van der Waals surface area contributed by atoms with Gasteiger partial charge in [0.05, 0.1) is 44.4 Å². The molecule has 0 radical (unpaired) electrons. The van der Waals surface area contributed by atoms with Crippen molar-refractivity contribution in [2.24, 2.45) is 16.8 Å². The number of rotatable bonds is 3. The fourth-order valence-corrected chi connectivity index (χ4v) is 5.51. The molecular formula is C20H22N2O5. The fourth-order valence-electron chi connectivity index (χ4n) is 5.51. The predicted molar refractivity (Wildman–Crippen MR) is 97.0 cm³/mol. The SMILES string of the molecule is COc1ccc2c(c1)N(OC)C(=O)[C@@]21C[C@@H]2N=C(C(C)=O)[C@H]3C[C@@H]1OC[C@H]23. The number of carbonyl (C=O) groups is 2. The predicted octanol–water partition coefficient (Wildman–Crippen LogP) is 1.68. The summed E-state index contributed by atoms with van der Waals surface area (Å²) >= 11 is 0. The van der Waals surface area contributed by atoms with E-state index in [0.29, 0.717) is 36.6 Å². The van der Waals surface area contributed by atoms with Crippen molar-refractivity contribution in [2.75, 3.05) is 25.9 Å². The summed E-state index contributed by atoms with van der Waals surface area (Å²) in [5.41, 5.74) is 1.44. The van der Waals surface area contributed by atoms with Crippen molar-refractivity contribution < 1.29 is 23.9 Å². The number of anilines is 1. The number of ketones is 1. The van der Waals surface area contributed by atoms with E-state index in [1.54, 1.807) is 14.0 Å². The Balaban J connectivity index is 1.68. The maximum atomic E-state index is 13.6. The number of methoxy groups -OCH3 is 1. The fraction of sp³-hybridized carbons (Fsp3) is 0.550.